The number of hydrogen-bond acceptors (Lipinski definition) is 3. The zero-order valence-corrected chi connectivity index (χ0v) is 11.3. The molecule has 4 nitrogen and oxygen atoms in total. The molecular weight excluding hydrogens is 238 g/mol. The molecule has 4 heteroatoms. The predicted octanol–water partition coefficient (Wildman–Crippen LogP) is 2.04. The van der Waals surface area contributed by atoms with Crippen molar-refractivity contribution in [2.45, 2.75) is 51.2 Å². The molecule has 3 N–H and O–H groups in total. The van der Waals surface area contributed by atoms with Gasteiger partial charge in [-0.05, 0) is 61.7 Å². The molecule has 1 unspecified atom stereocenters. The number of nitrogens with two attached hydrogens (primary N) is 1. The molecule has 1 aromatic rings. The van der Waals surface area contributed by atoms with Gasteiger partial charge < -0.3 is 10.8 Å². The smallest absolute Gasteiger partial charge is 0.0792 e. The third-order valence-electron chi connectivity index (χ3n) is 5.81. The third-order valence-corrected chi connectivity index (χ3v) is 5.81. The molecule has 0 radical (unpaired) electrons. The van der Waals surface area contributed by atoms with E-state index in [-0.39, 0.29) is 11.5 Å². The van der Waals surface area contributed by atoms with Crippen molar-refractivity contribution < 1.29 is 5.11 Å². The van der Waals surface area contributed by atoms with Crippen molar-refractivity contribution >= 4 is 5.69 Å². The Balaban J connectivity index is 1.54. The lowest BCUT2D eigenvalue weighted by Crippen LogP contribution is -2.52. The molecule has 1 heterocycles. The SMILES string of the molecule is Nc1cnn(CC(O)C23CC4CC(CC(C4)C2)C3)c1. The van der Waals surface area contributed by atoms with Crippen LogP contribution in [0.2, 0.25) is 0 Å². The molecule has 0 amide bonds. The minimum absolute atomic E-state index is 0.176. The summed E-state index contributed by atoms with van der Waals surface area (Å²) in [7, 11) is 0. The van der Waals surface area contributed by atoms with Gasteiger partial charge in [-0.1, -0.05) is 0 Å². The van der Waals surface area contributed by atoms with E-state index >= 15 is 0 Å². The van der Waals surface area contributed by atoms with Crippen molar-refractivity contribution in [1.82, 2.24) is 9.78 Å². The maximum absolute atomic E-state index is 10.8. The van der Waals surface area contributed by atoms with E-state index in [4.69, 9.17) is 5.73 Å². The van der Waals surface area contributed by atoms with Crippen LogP contribution in [0.25, 0.3) is 0 Å². The molecule has 0 saturated heterocycles. The number of hydrogen-bond donors (Lipinski definition) is 2. The molecular formula is C15H23N3O. The monoisotopic (exact) mass is 261 g/mol. The second kappa shape index (κ2) is 3.98. The van der Waals surface area contributed by atoms with Crippen LogP contribution in [-0.4, -0.2) is 21.0 Å². The largest absolute Gasteiger partial charge is 0.396 e. The van der Waals surface area contributed by atoms with E-state index in [1.165, 1.54) is 38.5 Å². The van der Waals surface area contributed by atoms with Crippen LogP contribution in [0.15, 0.2) is 12.4 Å². The Labute approximate surface area is 114 Å². The van der Waals surface area contributed by atoms with Gasteiger partial charge in [0.05, 0.1) is 24.5 Å². The van der Waals surface area contributed by atoms with E-state index in [0.717, 1.165) is 17.8 Å². The quantitative estimate of drug-likeness (QED) is 0.875. The van der Waals surface area contributed by atoms with Crippen molar-refractivity contribution in [2.75, 3.05) is 5.73 Å². The fourth-order valence-corrected chi connectivity index (χ4v) is 5.44. The van der Waals surface area contributed by atoms with Crippen molar-refractivity contribution in [1.29, 1.82) is 0 Å². The Morgan fingerprint density at radius 1 is 1.26 bits per heavy atom. The summed E-state index contributed by atoms with van der Waals surface area (Å²) in [6, 6.07) is 0. The third kappa shape index (κ3) is 1.88. The highest BCUT2D eigenvalue weighted by atomic mass is 16.3. The predicted molar refractivity (Wildman–Crippen MR) is 73.3 cm³/mol. The number of aliphatic hydroxyl groups is 1. The normalized spacial score (nSPS) is 41.6. The van der Waals surface area contributed by atoms with E-state index < -0.39 is 0 Å². The highest BCUT2D eigenvalue weighted by Crippen LogP contribution is 2.61. The van der Waals surface area contributed by atoms with E-state index in [0.29, 0.717) is 12.2 Å². The fraction of sp³-hybridized carbons (Fsp3) is 0.800. The minimum Gasteiger partial charge on any atom is -0.396 e. The number of nitrogens with zero attached hydrogens (tertiary/aromatic N) is 2. The molecule has 0 spiro atoms. The lowest BCUT2D eigenvalue weighted by molar-refractivity contribution is -0.125. The first-order valence-corrected chi connectivity index (χ1v) is 7.59. The molecule has 1 aromatic heterocycles. The van der Waals surface area contributed by atoms with Gasteiger partial charge in [0, 0.05) is 6.20 Å². The Morgan fingerprint density at radius 3 is 2.32 bits per heavy atom. The lowest BCUT2D eigenvalue weighted by Gasteiger charge is -2.58. The van der Waals surface area contributed by atoms with Crippen molar-refractivity contribution in [3.05, 3.63) is 12.4 Å². The standard InChI is InChI=1S/C15H23N3O/c16-13-7-17-18(8-13)9-14(19)15-4-10-1-11(5-15)3-12(2-10)6-15/h7-8,10-12,14,19H,1-6,9,16H2. The number of aliphatic hydroxyl groups excluding tert-OH is 1. The average molecular weight is 261 g/mol. The summed E-state index contributed by atoms with van der Waals surface area (Å²) in [5.41, 5.74) is 6.55. The molecule has 1 atom stereocenters. The summed E-state index contributed by atoms with van der Waals surface area (Å²) in [5, 5.41) is 15.0. The second-order valence-electron chi connectivity index (χ2n) is 7.29. The average Bonchev–Trinajstić information content (AvgIpc) is 2.73. The summed E-state index contributed by atoms with van der Waals surface area (Å²) in [6.45, 7) is 0.601. The van der Waals surface area contributed by atoms with Crippen LogP contribution >= 0.6 is 0 Å². The van der Waals surface area contributed by atoms with E-state index in [9.17, 15) is 5.11 Å². The van der Waals surface area contributed by atoms with Gasteiger partial charge in [-0.3, -0.25) is 4.68 Å². The molecule has 4 bridgehead atoms. The molecule has 4 aliphatic carbocycles. The summed E-state index contributed by atoms with van der Waals surface area (Å²) in [4.78, 5) is 0. The van der Waals surface area contributed by atoms with Crippen molar-refractivity contribution in [3.8, 4) is 0 Å². The fourth-order valence-electron chi connectivity index (χ4n) is 5.44. The number of rotatable bonds is 3. The second-order valence-corrected chi connectivity index (χ2v) is 7.29. The first-order chi connectivity index (χ1) is 9.13. The zero-order chi connectivity index (χ0) is 13.0. The number of nitrogen functional groups attached to an aromatic ring is 1. The van der Waals surface area contributed by atoms with Gasteiger partial charge in [0.25, 0.3) is 0 Å². The van der Waals surface area contributed by atoms with Crippen LogP contribution in [0, 0.1) is 23.2 Å². The summed E-state index contributed by atoms with van der Waals surface area (Å²) < 4.78 is 1.80. The number of anilines is 1. The molecule has 19 heavy (non-hydrogen) atoms. The van der Waals surface area contributed by atoms with Gasteiger partial charge in [-0.2, -0.15) is 5.10 Å². The first kappa shape index (κ1) is 11.8. The highest BCUT2D eigenvalue weighted by Gasteiger charge is 2.53. The Bertz CT molecular complexity index is 446. The Hall–Kier alpha value is -1.03. The van der Waals surface area contributed by atoms with Gasteiger partial charge in [-0.25, -0.2) is 0 Å². The van der Waals surface area contributed by atoms with E-state index in [2.05, 4.69) is 5.10 Å². The maximum Gasteiger partial charge on any atom is 0.0792 e. The zero-order valence-electron chi connectivity index (χ0n) is 11.3. The van der Waals surface area contributed by atoms with Crippen LogP contribution in [0.3, 0.4) is 0 Å². The molecule has 104 valence electrons. The maximum atomic E-state index is 10.8. The van der Waals surface area contributed by atoms with Crippen LogP contribution in [0.4, 0.5) is 5.69 Å². The van der Waals surface area contributed by atoms with Gasteiger partial charge in [-0.15, -0.1) is 0 Å². The topological polar surface area (TPSA) is 64.1 Å². The van der Waals surface area contributed by atoms with Crippen molar-refractivity contribution in [3.63, 3.8) is 0 Å². The Kier molecular flexibility index (Phi) is 2.47. The summed E-state index contributed by atoms with van der Waals surface area (Å²) >= 11 is 0. The molecule has 0 aliphatic heterocycles. The van der Waals surface area contributed by atoms with Gasteiger partial charge in [0.1, 0.15) is 0 Å². The molecule has 4 fully saturated rings. The first-order valence-electron chi connectivity index (χ1n) is 7.59. The molecule has 0 aromatic carbocycles. The van der Waals surface area contributed by atoms with E-state index in [1.54, 1.807) is 10.9 Å². The van der Waals surface area contributed by atoms with Crippen LogP contribution in [0.5, 0.6) is 0 Å². The summed E-state index contributed by atoms with van der Waals surface area (Å²) in [5.74, 6) is 2.63. The van der Waals surface area contributed by atoms with Crippen LogP contribution in [0.1, 0.15) is 38.5 Å². The number of aromatic nitrogens is 2. The van der Waals surface area contributed by atoms with Crippen molar-refractivity contribution in [2.24, 2.45) is 23.2 Å². The van der Waals surface area contributed by atoms with Gasteiger partial charge >= 0.3 is 0 Å². The lowest BCUT2D eigenvalue weighted by atomic mass is 9.48. The van der Waals surface area contributed by atoms with Gasteiger partial charge in [0.2, 0.25) is 0 Å². The minimum atomic E-state index is -0.264. The van der Waals surface area contributed by atoms with Crippen LogP contribution in [-0.2, 0) is 6.54 Å². The summed E-state index contributed by atoms with van der Waals surface area (Å²) in [6.07, 6.45) is 11.2. The molecule has 5 rings (SSSR count). The Morgan fingerprint density at radius 2 is 1.84 bits per heavy atom. The van der Waals surface area contributed by atoms with Gasteiger partial charge in [0.15, 0.2) is 0 Å². The highest BCUT2D eigenvalue weighted by molar-refractivity contribution is 5.30. The van der Waals surface area contributed by atoms with E-state index in [1.807, 2.05) is 6.20 Å². The molecule has 4 saturated carbocycles. The van der Waals surface area contributed by atoms with Crippen LogP contribution < -0.4 is 5.73 Å². The molecule has 4 aliphatic rings.